The highest BCUT2D eigenvalue weighted by atomic mass is 15.5. The predicted octanol–water partition coefficient (Wildman–Crippen LogP) is 2.91. The van der Waals surface area contributed by atoms with Crippen LogP contribution in [0.5, 0.6) is 0 Å². The van der Waals surface area contributed by atoms with Gasteiger partial charge in [0.15, 0.2) is 0 Å². The van der Waals surface area contributed by atoms with Crippen molar-refractivity contribution in [1.29, 1.82) is 0 Å². The molecule has 1 aromatic heterocycles. The lowest BCUT2D eigenvalue weighted by molar-refractivity contribution is 0.0320. The number of nitrogens with zero attached hydrogens (tertiary/aromatic N) is 2. The summed E-state index contributed by atoms with van der Waals surface area (Å²) >= 11 is 0. The Kier molecular flexibility index (Phi) is 4.13. The predicted molar refractivity (Wildman–Crippen MR) is 70.4 cm³/mol. The Labute approximate surface area is 104 Å². The zero-order valence-corrected chi connectivity index (χ0v) is 11.1. The van der Waals surface area contributed by atoms with Gasteiger partial charge in [-0.25, -0.2) is 10.4 Å². The standard InChI is InChI=1S/C14H23N3/c1-11-6-4-7-12(2)17(11)16-13(3)14-8-5-9-15-10-14/h5,8-13,16H,4,6-7H2,1-3H3. The maximum Gasteiger partial charge on any atom is 0.0452 e. The summed E-state index contributed by atoms with van der Waals surface area (Å²) in [6.45, 7) is 6.81. The fraction of sp³-hybridized carbons (Fsp3) is 0.643. The molecule has 1 fully saturated rings. The molecule has 3 nitrogen and oxygen atoms in total. The molecule has 1 aliphatic rings. The fourth-order valence-corrected chi connectivity index (χ4v) is 2.61. The summed E-state index contributed by atoms with van der Waals surface area (Å²) in [6.07, 6.45) is 7.69. The number of hydrazine groups is 1. The van der Waals surface area contributed by atoms with E-state index in [-0.39, 0.29) is 0 Å². The Balaban J connectivity index is 2.00. The van der Waals surface area contributed by atoms with E-state index in [0.717, 1.165) is 0 Å². The summed E-state index contributed by atoms with van der Waals surface area (Å²) in [5.74, 6) is 0. The van der Waals surface area contributed by atoms with Crippen LogP contribution in [0.3, 0.4) is 0 Å². The third kappa shape index (κ3) is 3.05. The number of pyridine rings is 1. The summed E-state index contributed by atoms with van der Waals surface area (Å²) in [4.78, 5) is 4.18. The summed E-state index contributed by atoms with van der Waals surface area (Å²) in [7, 11) is 0. The van der Waals surface area contributed by atoms with Gasteiger partial charge in [0.1, 0.15) is 0 Å². The van der Waals surface area contributed by atoms with Crippen LogP contribution in [0, 0.1) is 0 Å². The summed E-state index contributed by atoms with van der Waals surface area (Å²) < 4.78 is 0. The second-order valence-electron chi connectivity index (χ2n) is 5.17. The molecule has 0 amide bonds. The van der Waals surface area contributed by atoms with Gasteiger partial charge in [-0.1, -0.05) is 12.5 Å². The lowest BCUT2D eigenvalue weighted by atomic mass is 9.99. The Morgan fingerprint density at radius 2 is 2.06 bits per heavy atom. The first kappa shape index (κ1) is 12.5. The average Bonchev–Trinajstić information content (AvgIpc) is 2.35. The van der Waals surface area contributed by atoms with Gasteiger partial charge in [0.25, 0.3) is 0 Å². The molecule has 1 aliphatic heterocycles. The first-order valence-corrected chi connectivity index (χ1v) is 6.63. The zero-order valence-electron chi connectivity index (χ0n) is 11.1. The van der Waals surface area contributed by atoms with Gasteiger partial charge in [0.2, 0.25) is 0 Å². The van der Waals surface area contributed by atoms with Crippen molar-refractivity contribution >= 4 is 0 Å². The minimum absolute atomic E-state index is 0.326. The van der Waals surface area contributed by atoms with E-state index in [2.05, 4.69) is 42.3 Å². The van der Waals surface area contributed by atoms with Crippen LogP contribution in [0.1, 0.15) is 51.6 Å². The molecule has 2 rings (SSSR count). The van der Waals surface area contributed by atoms with Crippen LogP contribution in [-0.4, -0.2) is 22.1 Å². The van der Waals surface area contributed by atoms with Gasteiger partial charge in [-0.15, -0.1) is 0 Å². The largest absolute Gasteiger partial charge is 0.264 e. The number of nitrogens with one attached hydrogen (secondary N) is 1. The first-order chi connectivity index (χ1) is 8.18. The zero-order chi connectivity index (χ0) is 12.3. The molecule has 2 heterocycles. The lowest BCUT2D eigenvalue weighted by Gasteiger charge is -2.40. The molecule has 1 N–H and O–H groups in total. The lowest BCUT2D eigenvalue weighted by Crippen LogP contribution is -2.52. The SMILES string of the molecule is CC(NN1C(C)CCCC1C)c1cccnc1. The number of hydrogen-bond acceptors (Lipinski definition) is 3. The average molecular weight is 233 g/mol. The van der Waals surface area contributed by atoms with E-state index in [9.17, 15) is 0 Å². The number of piperidine rings is 1. The minimum Gasteiger partial charge on any atom is -0.264 e. The van der Waals surface area contributed by atoms with Crippen molar-refractivity contribution in [3.05, 3.63) is 30.1 Å². The van der Waals surface area contributed by atoms with Crippen molar-refractivity contribution in [1.82, 2.24) is 15.4 Å². The van der Waals surface area contributed by atoms with Crippen LogP contribution in [0.25, 0.3) is 0 Å². The summed E-state index contributed by atoms with van der Waals surface area (Å²) in [5, 5.41) is 2.42. The highest BCUT2D eigenvalue weighted by molar-refractivity contribution is 5.12. The number of hydrogen-bond donors (Lipinski definition) is 1. The second-order valence-corrected chi connectivity index (χ2v) is 5.17. The Bertz CT molecular complexity index is 329. The molecule has 0 aromatic carbocycles. The first-order valence-electron chi connectivity index (χ1n) is 6.63. The van der Waals surface area contributed by atoms with Crippen molar-refractivity contribution in [2.45, 2.75) is 58.2 Å². The fourth-order valence-electron chi connectivity index (χ4n) is 2.61. The van der Waals surface area contributed by atoms with E-state index >= 15 is 0 Å². The normalized spacial score (nSPS) is 27.9. The van der Waals surface area contributed by atoms with Gasteiger partial charge in [0, 0.05) is 30.5 Å². The van der Waals surface area contributed by atoms with E-state index in [4.69, 9.17) is 0 Å². The van der Waals surface area contributed by atoms with Gasteiger partial charge in [-0.2, -0.15) is 0 Å². The Hall–Kier alpha value is -0.930. The van der Waals surface area contributed by atoms with E-state index in [0.29, 0.717) is 18.1 Å². The quantitative estimate of drug-likeness (QED) is 0.870. The molecular weight excluding hydrogens is 210 g/mol. The molecule has 0 bridgehead atoms. The van der Waals surface area contributed by atoms with Crippen LogP contribution < -0.4 is 5.43 Å². The van der Waals surface area contributed by atoms with Crippen molar-refractivity contribution in [2.24, 2.45) is 0 Å². The van der Waals surface area contributed by atoms with E-state index in [1.54, 1.807) is 0 Å². The van der Waals surface area contributed by atoms with Gasteiger partial charge in [0.05, 0.1) is 0 Å². The maximum absolute atomic E-state index is 4.18. The molecule has 1 saturated heterocycles. The van der Waals surface area contributed by atoms with Crippen LogP contribution in [0.4, 0.5) is 0 Å². The van der Waals surface area contributed by atoms with Gasteiger partial charge in [-0.05, 0) is 45.2 Å². The van der Waals surface area contributed by atoms with Crippen LogP contribution in [0.15, 0.2) is 24.5 Å². The minimum atomic E-state index is 0.326. The third-order valence-electron chi connectivity index (χ3n) is 3.72. The third-order valence-corrected chi connectivity index (χ3v) is 3.72. The van der Waals surface area contributed by atoms with E-state index in [1.165, 1.54) is 24.8 Å². The van der Waals surface area contributed by atoms with E-state index in [1.807, 2.05) is 18.5 Å². The second kappa shape index (κ2) is 5.61. The monoisotopic (exact) mass is 233 g/mol. The Morgan fingerprint density at radius 3 is 2.65 bits per heavy atom. The molecule has 0 radical (unpaired) electrons. The van der Waals surface area contributed by atoms with Gasteiger partial charge >= 0.3 is 0 Å². The smallest absolute Gasteiger partial charge is 0.0452 e. The number of aromatic nitrogens is 1. The van der Waals surface area contributed by atoms with Crippen molar-refractivity contribution in [3.63, 3.8) is 0 Å². The summed E-state index contributed by atoms with van der Waals surface area (Å²) in [6, 6.07) is 5.70. The van der Waals surface area contributed by atoms with Crippen molar-refractivity contribution < 1.29 is 0 Å². The molecular formula is C14H23N3. The van der Waals surface area contributed by atoms with Crippen LogP contribution in [0.2, 0.25) is 0 Å². The van der Waals surface area contributed by atoms with Gasteiger partial charge < -0.3 is 0 Å². The molecule has 0 aliphatic carbocycles. The summed E-state index contributed by atoms with van der Waals surface area (Å²) in [5.41, 5.74) is 4.88. The highest BCUT2D eigenvalue weighted by Gasteiger charge is 2.25. The van der Waals surface area contributed by atoms with E-state index < -0.39 is 0 Å². The molecule has 94 valence electrons. The highest BCUT2D eigenvalue weighted by Crippen LogP contribution is 2.22. The molecule has 3 atom stereocenters. The molecule has 3 heteroatoms. The van der Waals surface area contributed by atoms with Crippen LogP contribution in [-0.2, 0) is 0 Å². The van der Waals surface area contributed by atoms with Crippen LogP contribution >= 0.6 is 0 Å². The molecule has 3 unspecified atom stereocenters. The van der Waals surface area contributed by atoms with Crippen molar-refractivity contribution in [2.75, 3.05) is 0 Å². The van der Waals surface area contributed by atoms with Gasteiger partial charge in [-0.3, -0.25) is 4.98 Å². The topological polar surface area (TPSA) is 28.2 Å². The molecule has 0 spiro atoms. The number of rotatable bonds is 3. The molecule has 1 aromatic rings. The maximum atomic E-state index is 4.18. The Morgan fingerprint density at radius 1 is 1.35 bits per heavy atom. The molecule has 17 heavy (non-hydrogen) atoms. The molecule has 0 saturated carbocycles. The van der Waals surface area contributed by atoms with Crippen molar-refractivity contribution in [3.8, 4) is 0 Å².